The van der Waals surface area contributed by atoms with Crippen molar-refractivity contribution in [1.29, 1.82) is 0 Å². The lowest BCUT2D eigenvalue weighted by molar-refractivity contribution is 0.0953. The van der Waals surface area contributed by atoms with Gasteiger partial charge in [0.1, 0.15) is 4.88 Å². The van der Waals surface area contributed by atoms with Gasteiger partial charge in [-0.25, -0.2) is 9.78 Å². The minimum Gasteiger partial charge on any atom is -0.346 e. The number of urea groups is 1. The molecule has 9 heteroatoms. The maximum atomic E-state index is 12.6. The highest BCUT2D eigenvalue weighted by molar-refractivity contribution is 7.17. The van der Waals surface area contributed by atoms with Gasteiger partial charge in [-0.1, -0.05) is 25.2 Å². The molecule has 0 atom stereocenters. The van der Waals surface area contributed by atoms with Crippen LogP contribution in [0.1, 0.15) is 40.6 Å². The van der Waals surface area contributed by atoms with Gasteiger partial charge in [-0.2, -0.15) is 0 Å². The van der Waals surface area contributed by atoms with Crippen molar-refractivity contribution >= 4 is 28.4 Å². The Morgan fingerprint density at radius 1 is 1.26 bits per heavy atom. The van der Waals surface area contributed by atoms with E-state index in [0.29, 0.717) is 46.9 Å². The molecule has 0 radical (unpaired) electrons. The van der Waals surface area contributed by atoms with Gasteiger partial charge in [0.05, 0.1) is 29.8 Å². The first-order chi connectivity index (χ1) is 12.8. The van der Waals surface area contributed by atoms with Crippen LogP contribution in [0.15, 0.2) is 12.4 Å². The van der Waals surface area contributed by atoms with Crippen LogP contribution in [0.2, 0.25) is 0 Å². The Kier molecular flexibility index (Phi) is 5.69. The summed E-state index contributed by atoms with van der Waals surface area (Å²) in [5.41, 5.74) is 2.12. The third kappa shape index (κ3) is 4.41. The molecule has 0 unspecified atom stereocenters. The summed E-state index contributed by atoms with van der Waals surface area (Å²) in [5.74, 6) is 0.197. The molecule has 1 fully saturated rings. The van der Waals surface area contributed by atoms with Gasteiger partial charge in [-0.15, -0.1) is 0 Å². The Labute approximate surface area is 162 Å². The van der Waals surface area contributed by atoms with Crippen molar-refractivity contribution in [3.8, 4) is 0 Å². The lowest BCUT2D eigenvalue weighted by atomic mass is 10.2. The standard InChI is InChI=1S/C18H24N6O2S/c1-11(2)10-23-5-6-24(18(23)26)17-22-13(4)15(27-17)16(25)20-9-14-8-19-7-12(3)21-14/h7-8,11H,5-6,9-10H2,1-4H3,(H,20,25). The molecule has 0 aromatic carbocycles. The maximum absolute atomic E-state index is 12.6. The third-order valence-corrected chi connectivity index (χ3v) is 5.32. The molecule has 2 aromatic heterocycles. The van der Waals surface area contributed by atoms with Crippen molar-refractivity contribution in [3.05, 3.63) is 34.4 Å². The number of anilines is 1. The highest BCUT2D eigenvalue weighted by Gasteiger charge is 2.32. The second-order valence-corrected chi connectivity index (χ2v) is 8.00. The van der Waals surface area contributed by atoms with E-state index in [9.17, 15) is 9.59 Å². The Morgan fingerprint density at radius 3 is 2.74 bits per heavy atom. The van der Waals surface area contributed by atoms with Gasteiger partial charge in [0.15, 0.2) is 5.13 Å². The maximum Gasteiger partial charge on any atom is 0.326 e. The second kappa shape index (κ2) is 7.99. The summed E-state index contributed by atoms with van der Waals surface area (Å²) < 4.78 is 0. The first kappa shape index (κ1) is 19.2. The Balaban J connectivity index is 1.67. The monoisotopic (exact) mass is 388 g/mol. The van der Waals surface area contributed by atoms with E-state index >= 15 is 0 Å². The Bertz CT molecular complexity index is 850. The van der Waals surface area contributed by atoms with E-state index in [4.69, 9.17) is 0 Å². The molecule has 0 saturated carbocycles. The minimum atomic E-state index is -0.217. The molecular weight excluding hydrogens is 364 g/mol. The molecule has 27 heavy (non-hydrogen) atoms. The van der Waals surface area contributed by atoms with E-state index < -0.39 is 0 Å². The quantitative estimate of drug-likeness (QED) is 0.820. The number of nitrogens with zero attached hydrogens (tertiary/aromatic N) is 5. The Morgan fingerprint density at radius 2 is 2.04 bits per heavy atom. The molecule has 3 amide bonds. The number of rotatable bonds is 6. The van der Waals surface area contributed by atoms with Crippen LogP contribution in [0, 0.1) is 19.8 Å². The number of hydrogen-bond acceptors (Lipinski definition) is 6. The van der Waals surface area contributed by atoms with Gasteiger partial charge in [-0.3, -0.25) is 19.7 Å². The molecule has 1 aliphatic heterocycles. The number of thiazole rings is 1. The van der Waals surface area contributed by atoms with Crippen LogP contribution in [-0.4, -0.2) is 51.4 Å². The molecule has 0 aliphatic carbocycles. The third-order valence-electron chi connectivity index (χ3n) is 4.14. The summed E-state index contributed by atoms with van der Waals surface area (Å²) in [7, 11) is 0. The van der Waals surface area contributed by atoms with Gasteiger partial charge >= 0.3 is 6.03 Å². The molecule has 144 valence electrons. The van der Waals surface area contributed by atoms with Crippen molar-refractivity contribution in [3.63, 3.8) is 0 Å². The highest BCUT2D eigenvalue weighted by atomic mass is 32.1. The van der Waals surface area contributed by atoms with Crippen molar-refractivity contribution in [1.82, 2.24) is 25.2 Å². The fraction of sp³-hybridized carbons (Fsp3) is 0.500. The lowest BCUT2D eigenvalue weighted by Gasteiger charge is -2.18. The zero-order valence-corrected chi connectivity index (χ0v) is 16.8. The van der Waals surface area contributed by atoms with Gasteiger partial charge in [0, 0.05) is 25.8 Å². The molecule has 2 aromatic rings. The topological polar surface area (TPSA) is 91.3 Å². The van der Waals surface area contributed by atoms with E-state index in [1.54, 1.807) is 24.2 Å². The normalized spacial score (nSPS) is 14.3. The minimum absolute atomic E-state index is 0.0422. The van der Waals surface area contributed by atoms with E-state index in [2.05, 4.69) is 34.1 Å². The summed E-state index contributed by atoms with van der Waals surface area (Å²) in [6.07, 6.45) is 3.30. The van der Waals surface area contributed by atoms with Crippen molar-refractivity contribution in [2.24, 2.45) is 5.92 Å². The number of aryl methyl sites for hydroxylation is 2. The van der Waals surface area contributed by atoms with Crippen LogP contribution in [0.25, 0.3) is 0 Å². The summed E-state index contributed by atoms with van der Waals surface area (Å²) in [4.78, 5) is 42.0. The Hall–Kier alpha value is -2.55. The van der Waals surface area contributed by atoms with Crippen molar-refractivity contribution in [2.75, 3.05) is 24.5 Å². The summed E-state index contributed by atoms with van der Waals surface area (Å²) in [5, 5.41) is 3.42. The van der Waals surface area contributed by atoms with Crippen LogP contribution >= 0.6 is 11.3 Å². The SMILES string of the molecule is Cc1cncc(CNC(=O)c2sc(N3CCN(CC(C)C)C3=O)nc2C)n1. The smallest absolute Gasteiger partial charge is 0.326 e. The number of nitrogens with one attached hydrogen (secondary N) is 1. The van der Waals surface area contributed by atoms with Crippen LogP contribution in [0.5, 0.6) is 0 Å². The number of amides is 3. The lowest BCUT2D eigenvalue weighted by Crippen LogP contribution is -2.34. The van der Waals surface area contributed by atoms with E-state index in [0.717, 1.165) is 12.2 Å². The van der Waals surface area contributed by atoms with Crippen LogP contribution < -0.4 is 10.2 Å². The zero-order valence-electron chi connectivity index (χ0n) is 16.0. The molecule has 0 spiro atoms. The second-order valence-electron chi connectivity index (χ2n) is 7.02. The van der Waals surface area contributed by atoms with Gasteiger partial charge in [0.2, 0.25) is 0 Å². The van der Waals surface area contributed by atoms with Gasteiger partial charge in [0.25, 0.3) is 5.91 Å². The van der Waals surface area contributed by atoms with Crippen LogP contribution in [-0.2, 0) is 6.54 Å². The van der Waals surface area contributed by atoms with Crippen LogP contribution in [0.3, 0.4) is 0 Å². The molecule has 1 aliphatic rings. The first-order valence-corrected chi connectivity index (χ1v) is 9.76. The number of carbonyl (C=O) groups excluding carboxylic acids is 2. The van der Waals surface area contributed by atoms with Gasteiger partial charge < -0.3 is 10.2 Å². The molecule has 3 heterocycles. The molecule has 1 N–H and O–H groups in total. The van der Waals surface area contributed by atoms with Crippen LogP contribution in [0.4, 0.5) is 9.93 Å². The number of carbonyl (C=O) groups is 2. The molecule has 1 saturated heterocycles. The summed E-state index contributed by atoms with van der Waals surface area (Å²) >= 11 is 1.25. The summed E-state index contributed by atoms with van der Waals surface area (Å²) in [6.45, 7) is 10.1. The zero-order chi connectivity index (χ0) is 19.6. The molecule has 3 rings (SSSR count). The predicted molar refractivity (Wildman–Crippen MR) is 104 cm³/mol. The molecule has 8 nitrogen and oxygen atoms in total. The fourth-order valence-corrected chi connectivity index (χ4v) is 3.93. The van der Waals surface area contributed by atoms with E-state index in [-0.39, 0.29) is 11.9 Å². The highest BCUT2D eigenvalue weighted by Crippen LogP contribution is 2.29. The average molecular weight is 388 g/mol. The number of hydrogen-bond donors (Lipinski definition) is 1. The molecule has 0 bridgehead atoms. The number of aromatic nitrogens is 3. The predicted octanol–water partition coefficient (Wildman–Crippen LogP) is 2.38. The average Bonchev–Trinajstić information content (AvgIpc) is 3.16. The fourth-order valence-electron chi connectivity index (χ4n) is 2.93. The van der Waals surface area contributed by atoms with Gasteiger partial charge in [-0.05, 0) is 19.8 Å². The van der Waals surface area contributed by atoms with E-state index in [1.165, 1.54) is 11.3 Å². The first-order valence-electron chi connectivity index (χ1n) is 8.94. The largest absolute Gasteiger partial charge is 0.346 e. The van der Waals surface area contributed by atoms with E-state index in [1.807, 2.05) is 11.8 Å². The summed E-state index contributed by atoms with van der Waals surface area (Å²) in [6, 6.07) is -0.0422. The molecular formula is C18H24N6O2S. The van der Waals surface area contributed by atoms with Crippen molar-refractivity contribution < 1.29 is 9.59 Å². The van der Waals surface area contributed by atoms with Crippen molar-refractivity contribution in [2.45, 2.75) is 34.2 Å².